The first-order valence-corrected chi connectivity index (χ1v) is 8.40. The molecule has 2 aromatic rings. The summed E-state index contributed by atoms with van der Waals surface area (Å²) in [7, 11) is 0. The molecule has 1 heterocycles. The molecule has 3 heteroatoms. The van der Waals surface area contributed by atoms with Crippen molar-refractivity contribution < 1.29 is 9.47 Å². The van der Waals surface area contributed by atoms with E-state index >= 15 is 0 Å². The van der Waals surface area contributed by atoms with Gasteiger partial charge in [-0.1, -0.05) is 48.0 Å². The van der Waals surface area contributed by atoms with Crippen molar-refractivity contribution in [3.63, 3.8) is 0 Å². The predicted molar refractivity (Wildman–Crippen MR) is 92.6 cm³/mol. The van der Waals surface area contributed by atoms with E-state index in [0.717, 1.165) is 25.4 Å². The molecule has 23 heavy (non-hydrogen) atoms. The van der Waals surface area contributed by atoms with Crippen LogP contribution < -0.4 is 10.1 Å². The van der Waals surface area contributed by atoms with Gasteiger partial charge in [0.25, 0.3) is 0 Å². The third-order valence-electron chi connectivity index (χ3n) is 4.20. The highest BCUT2D eigenvalue weighted by atomic mass is 16.5. The minimum absolute atomic E-state index is 0.371. The van der Waals surface area contributed by atoms with E-state index in [4.69, 9.17) is 9.47 Å². The van der Waals surface area contributed by atoms with E-state index in [-0.39, 0.29) is 0 Å². The maximum Gasteiger partial charge on any atom is 0.124 e. The second-order valence-electron chi connectivity index (χ2n) is 6.15. The monoisotopic (exact) mass is 311 g/mol. The van der Waals surface area contributed by atoms with Gasteiger partial charge in [-0.25, -0.2) is 0 Å². The molecule has 0 unspecified atom stereocenters. The van der Waals surface area contributed by atoms with Crippen LogP contribution in [-0.4, -0.2) is 19.3 Å². The maximum absolute atomic E-state index is 6.01. The number of hydrogen-bond acceptors (Lipinski definition) is 3. The Kier molecular flexibility index (Phi) is 5.67. The van der Waals surface area contributed by atoms with Crippen LogP contribution in [0.2, 0.25) is 0 Å². The highest BCUT2D eigenvalue weighted by Crippen LogP contribution is 2.20. The number of rotatable bonds is 7. The summed E-state index contributed by atoms with van der Waals surface area (Å²) < 4.78 is 11.7. The Morgan fingerprint density at radius 1 is 1.13 bits per heavy atom. The van der Waals surface area contributed by atoms with Crippen LogP contribution in [0.25, 0.3) is 0 Å². The van der Waals surface area contributed by atoms with Gasteiger partial charge in [0, 0.05) is 25.3 Å². The van der Waals surface area contributed by atoms with Gasteiger partial charge in [0.05, 0.1) is 6.10 Å². The van der Waals surface area contributed by atoms with Crippen LogP contribution in [0.1, 0.15) is 29.5 Å². The quantitative estimate of drug-likeness (QED) is 0.842. The lowest BCUT2D eigenvalue weighted by molar-refractivity contribution is 0.110. The molecule has 1 aliphatic rings. The van der Waals surface area contributed by atoms with Crippen LogP contribution in [0.5, 0.6) is 5.75 Å². The van der Waals surface area contributed by atoms with Gasteiger partial charge in [-0.05, 0) is 31.4 Å². The fraction of sp³-hybridized carbons (Fsp3) is 0.400. The summed E-state index contributed by atoms with van der Waals surface area (Å²) in [6.45, 7) is 5.32. The molecule has 1 N–H and O–H groups in total. The molecule has 1 saturated heterocycles. The molecule has 0 radical (unpaired) electrons. The van der Waals surface area contributed by atoms with E-state index in [1.807, 2.05) is 12.1 Å². The second-order valence-corrected chi connectivity index (χ2v) is 6.15. The molecule has 0 bridgehead atoms. The van der Waals surface area contributed by atoms with Crippen molar-refractivity contribution in [1.82, 2.24) is 5.32 Å². The summed E-state index contributed by atoms with van der Waals surface area (Å²) in [5.41, 5.74) is 3.66. The molecule has 0 aliphatic carbocycles. The molecule has 1 fully saturated rings. The van der Waals surface area contributed by atoms with Gasteiger partial charge in [0.2, 0.25) is 0 Å². The number of aryl methyl sites for hydroxylation is 1. The van der Waals surface area contributed by atoms with Crippen molar-refractivity contribution in [1.29, 1.82) is 0 Å². The Morgan fingerprint density at radius 3 is 2.74 bits per heavy atom. The third-order valence-corrected chi connectivity index (χ3v) is 4.20. The SMILES string of the molecule is Cc1ccc(COc2ccccc2CNC[C@@H]2CCCO2)cc1. The predicted octanol–water partition coefficient (Wildman–Crippen LogP) is 3.84. The van der Waals surface area contributed by atoms with Gasteiger partial charge in [0.15, 0.2) is 0 Å². The van der Waals surface area contributed by atoms with Crippen LogP contribution in [-0.2, 0) is 17.9 Å². The normalized spacial score (nSPS) is 17.3. The van der Waals surface area contributed by atoms with Crippen molar-refractivity contribution in [2.24, 2.45) is 0 Å². The molecule has 0 aromatic heterocycles. The molecule has 3 nitrogen and oxygen atoms in total. The molecule has 1 atom stereocenters. The first-order valence-electron chi connectivity index (χ1n) is 8.40. The molecule has 122 valence electrons. The molecular weight excluding hydrogens is 286 g/mol. The van der Waals surface area contributed by atoms with Crippen LogP contribution in [0.3, 0.4) is 0 Å². The van der Waals surface area contributed by atoms with Gasteiger partial charge in [-0.2, -0.15) is 0 Å². The number of ether oxygens (including phenoxy) is 2. The van der Waals surface area contributed by atoms with E-state index in [1.165, 1.54) is 29.5 Å². The Balaban J connectivity index is 1.53. The number of nitrogens with one attached hydrogen (secondary N) is 1. The molecule has 0 spiro atoms. The zero-order chi connectivity index (χ0) is 15.9. The summed E-state index contributed by atoms with van der Waals surface area (Å²) in [4.78, 5) is 0. The number of hydrogen-bond donors (Lipinski definition) is 1. The van der Waals surface area contributed by atoms with Crippen molar-refractivity contribution in [2.75, 3.05) is 13.2 Å². The van der Waals surface area contributed by atoms with E-state index in [9.17, 15) is 0 Å². The average molecular weight is 311 g/mol. The smallest absolute Gasteiger partial charge is 0.124 e. The Hall–Kier alpha value is -1.84. The van der Waals surface area contributed by atoms with Crippen molar-refractivity contribution in [3.05, 3.63) is 65.2 Å². The van der Waals surface area contributed by atoms with E-state index < -0.39 is 0 Å². The van der Waals surface area contributed by atoms with Crippen LogP contribution >= 0.6 is 0 Å². The summed E-state index contributed by atoms with van der Waals surface area (Å²) >= 11 is 0. The number of benzene rings is 2. The van der Waals surface area contributed by atoms with Gasteiger partial charge in [-0.15, -0.1) is 0 Å². The van der Waals surface area contributed by atoms with Gasteiger partial charge < -0.3 is 14.8 Å². The van der Waals surface area contributed by atoms with Crippen LogP contribution in [0, 0.1) is 6.92 Å². The summed E-state index contributed by atoms with van der Waals surface area (Å²) in [5, 5.41) is 3.48. The minimum atomic E-state index is 0.371. The summed E-state index contributed by atoms with van der Waals surface area (Å²) in [5.74, 6) is 0.952. The Morgan fingerprint density at radius 2 is 1.96 bits per heavy atom. The van der Waals surface area contributed by atoms with Crippen LogP contribution in [0.15, 0.2) is 48.5 Å². The fourth-order valence-electron chi connectivity index (χ4n) is 2.81. The van der Waals surface area contributed by atoms with Gasteiger partial charge in [-0.3, -0.25) is 0 Å². The van der Waals surface area contributed by atoms with E-state index in [1.54, 1.807) is 0 Å². The average Bonchev–Trinajstić information content (AvgIpc) is 3.09. The first kappa shape index (κ1) is 16.0. The lowest BCUT2D eigenvalue weighted by Gasteiger charge is -2.14. The highest BCUT2D eigenvalue weighted by molar-refractivity contribution is 5.33. The first-order chi connectivity index (χ1) is 11.3. The lowest BCUT2D eigenvalue weighted by atomic mass is 10.1. The standard InChI is InChI=1S/C20H25NO2/c1-16-8-10-17(11-9-16)15-23-20-7-3-2-5-18(20)13-21-14-19-6-4-12-22-19/h2-3,5,7-11,19,21H,4,6,12-15H2,1H3/t19-/m0/s1. The molecule has 0 amide bonds. The van der Waals surface area contributed by atoms with Crippen molar-refractivity contribution in [2.45, 2.75) is 39.0 Å². The minimum Gasteiger partial charge on any atom is -0.489 e. The zero-order valence-electron chi connectivity index (χ0n) is 13.8. The van der Waals surface area contributed by atoms with Crippen molar-refractivity contribution in [3.8, 4) is 5.75 Å². The summed E-state index contributed by atoms with van der Waals surface area (Å²) in [6.07, 6.45) is 2.72. The molecular formula is C20H25NO2. The van der Waals surface area contributed by atoms with Crippen molar-refractivity contribution >= 4 is 0 Å². The largest absolute Gasteiger partial charge is 0.489 e. The fourth-order valence-corrected chi connectivity index (χ4v) is 2.81. The molecule has 0 saturated carbocycles. The Labute approximate surface area is 138 Å². The molecule has 3 rings (SSSR count). The molecule has 1 aliphatic heterocycles. The topological polar surface area (TPSA) is 30.5 Å². The van der Waals surface area contributed by atoms with Gasteiger partial charge >= 0.3 is 0 Å². The maximum atomic E-state index is 6.01. The third kappa shape index (κ3) is 4.81. The second kappa shape index (κ2) is 8.14. The zero-order valence-corrected chi connectivity index (χ0v) is 13.8. The lowest BCUT2D eigenvalue weighted by Crippen LogP contribution is -2.25. The Bertz CT molecular complexity index is 603. The van der Waals surface area contributed by atoms with Crippen LogP contribution in [0.4, 0.5) is 0 Å². The van der Waals surface area contributed by atoms with Gasteiger partial charge in [0.1, 0.15) is 12.4 Å². The van der Waals surface area contributed by atoms with E-state index in [2.05, 4.69) is 48.6 Å². The summed E-state index contributed by atoms with van der Waals surface area (Å²) in [6, 6.07) is 16.7. The molecule has 2 aromatic carbocycles. The number of para-hydroxylation sites is 1. The van der Waals surface area contributed by atoms with E-state index in [0.29, 0.717) is 12.7 Å². The highest BCUT2D eigenvalue weighted by Gasteiger charge is 2.14.